The molecule has 204 valence electrons. The first-order chi connectivity index (χ1) is 17.8. The smallest absolute Gasteiger partial charge is 0.475 e. The maximum atomic E-state index is 13.0. The van der Waals surface area contributed by atoms with Crippen LogP contribution in [-0.2, 0) is 19.9 Å². The monoisotopic (exact) mass is 554 g/mol. The number of hydrogen-bond acceptors (Lipinski definition) is 5. The van der Waals surface area contributed by atoms with E-state index in [1.807, 2.05) is 19.1 Å². The molecule has 1 atom stereocenters. The summed E-state index contributed by atoms with van der Waals surface area (Å²) in [6.45, 7) is 3.03. The van der Waals surface area contributed by atoms with Crippen LogP contribution in [0.1, 0.15) is 42.1 Å². The van der Waals surface area contributed by atoms with Crippen molar-refractivity contribution in [2.45, 2.75) is 43.9 Å². The zero-order chi connectivity index (χ0) is 28.1. The molecule has 13 heteroatoms. The molecule has 2 amide bonds. The average molecular weight is 555 g/mol. The van der Waals surface area contributed by atoms with E-state index in [2.05, 4.69) is 10.6 Å². The van der Waals surface area contributed by atoms with Gasteiger partial charge >= 0.3 is 12.1 Å². The molecule has 0 aromatic heterocycles. The fraction of sp³-hybridized carbons (Fsp3) is 0.360. The topological polar surface area (TPSA) is 132 Å². The Morgan fingerprint density at radius 2 is 1.76 bits per heavy atom. The molecule has 0 aliphatic carbocycles. The predicted molar refractivity (Wildman–Crippen MR) is 133 cm³/mol. The van der Waals surface area contributed by atoms with Gasteiger partial charge in [0.2, 0.25) is 5.91 Å². The Morgan fingerprint density at radius 3 is 2.32 bits per heavy atom. The molecule has 0 bridgehead atoms. The standard InChI is InChI=1S/C23H25ClN4O3.C2HF3O2/c1-23(14-19(29)28(22(25)27-23)16-10-12-31-13-11-16)17-8-5-9-18(20(17)24)26-21(30)15-6-3-2-4-7-15;3-2(4,5)1(6)7/h2-9,16H,10-14H2,1H3,(H2,25,27)(H,26,30);(H,6,7)/t23-;/m0./s1. The summed E-state index contributed by atoms with van der Waals surface area (Å²) in [7, 11) is 0. The number of nitrogens with one attached hydrogen (secondary N) is 3. The molecule has 2 saturated heterocycles. The zero-order valence-electron chi connectivity index (χ0n) is 20.3. The lowest BCUT2D eigenvalue weighted by Crippen LogP contribution is -2.62. The summed E-state index contributed by atoms with van der Waals surface area (Å²) in [6.07, 6.45) is -3.49. The highest BCUT2D eigenvalue weighted by Gasteiger charge is 2.43. The molecule has 38 heavy (non-hydrogen) atoms. The highest BCUT2D eigenvalue weighted by molar-refractivity contribution is 6.35. The normalized spacial score (nSPS) is 20.2. The quantitative estimate of drug-likeness (QED) is 0.444. The summed E-state index contributed by atoms with van der Waals surface area (Å²) in [5, 5.41) is 22.0. The van der Waals surface area contributed by atoms with Gasteiger partial charge in [-0.25, -0.2) is 4.79 Å². The fourth-order valence-corrected chi connectivity index (χ4v) is 4.59. The highest BCUT2D eigenvalue weighted by Crippen LogP contribution is 2.38. The van der Waals surface area contributed by atoms with Crippen molar-refractivity contribution in [1.29, 1.82) is 5.41 Å². The van der Waals surface area contributed by atoms with Crippen LogP contribution in [0.5, 0.6) is 0 Å². The van der Waals surface area contributed by atoms with Gasteiger partial charge in [-0.05, 0) is 43.5 Å². The minimum absolute atomic E-state index is 0.0298. The van der Waals surface area contributed by atoms with Crippen molar-refractivity contribution < 1.29 is 37.4 Å². The van der Waals surface area contributed by atoms with Crippen molar-refractivity contribution in [3.8, 4) is 0 Å². The largest absolute Gasteiger partial charge is 0.490 e. The van der Waals surface area contributed by atoms with E-state index in [-0.39, 0.29) is 30.2 Å². The number of hydrogen-bond donors (Lipinski definition) is 4. The molecule has 2 fully saturated rings. The Labute approximate surface area is 221 Å². The number of aliphatic carboxylic acids is 1. The SMILES string of the molecule is C[C@@]1(c2cccc(NC(=O)c3ccccc3)c2Cl)CC(=O)N(C2CCOCC2)C(=N)N1.O=C(O)C(F)(F)F. The molecule has 0 spiro atoms. The van der Waals surface area contributed by atoms with Crippen LogP contribution in [0.3, 0.4) is 0 Å². The van der Waals surface area contributed by atoms with E-state index in [0.29, 0.717) is 47.9 Å². The van der Waals surface area contributed by atoms with Crippen molar-refractivity contribution in [2.75, 3.05) is 18.5 Å². The molecule has 2 heterocycles. The number of carbonyl (C=O) groups is 3. The molecule has 2 aliphatic rings. The van der Waals surface area contributed by atoms with Gasteiger partial charge < -0.3 is 20.5 Å². The fourth-order valence-electron chi connectivity index (χ4n) is 4.21. The van der Waals surface area contributed by atoms with Crippen LogP contribution in [-0.4, -0.2) is 59.2 Å². The molecule has 2 aliphatic heterocycles. The molecule has 4 rings (SSSR count). The van der Waals surface area contributed by atoms with E-state index in [1.54, 1.807) is 41.3 Å². The van der Waals surface area contributed by atoms with E-state index in [1.165, 1.54) is 0 Å². The van der Waals surface area contributed by atoms with Crippen LogP contribution in [0.15, 0.2) is 48.5 Å². The Bertz CT molecular complexity index is 1190. The number of carbonyl (C=O) groups excluding carboxylic acids is 2. The molecule has 4 N–H and O–H groups in total. The Hall–Kier alpha value is -3.64. The van der Waals surface area contributed by atoms with Crippen LogP contribution in [0.4, 0.5) is 18.9 Å². The van der Waals surface area contributed by atoms with Crippen molar-refractivity contribution in [3.05, 3.63) is 64.7 Å². The molecule has 2 aromatic carbocycles. The predicted octanol–water partition coefficient (Wildman–Crippen LogP) is 4.38. The second kappa shape index (κ2) is 11.8. The van der Waals surface area contributed by atoms with Gasteiger partial charge in [-0.3, -0.25) is 19.9 Å². The third kappa shape index (κ3) is 6.81. The summed E-state index contributed by atoms with van der Waals surface area (Å²) in [5.41, 5.74) is 0.780. The number of benzene rings is 2. The van der Waals surface area contributed by atoms with Gasteiger partial charge in [0.05, 0.1) is 22.7 Å². The molecule has 0 saturated carbocycles. The van der Waals surface area contributed by atoms with E-state index in [4.69, 9.17) is 31.6 Å². The molecule has 0 unspecified atom stereocenters. The first-order valence-electron chi connectivity index (χ1n) is 11.6. The number of halogens is 4. The maximum Gasteiger partial charge on any atom is 0.490 e. The summed E-state index contributed by atoms with van der Waals surface area (Å²) in [5.74, 6) is -3.07. The molecule has 2 aromatic rings. The van der Waals surface area contributed by atoms with Crippen molar-refractivity contribution in [1.82, 2.24) is 10.2 Å². The molecular formula is C25H26ClF3N4O5. The summed E-state index contributed by atoms with van der Waals surface area (Å²) in [4.78, 5) is 36.0. The number of amides is 2. The van der Waals surface area contributed by atoms with Gasteiger partial charge in [-0.1, -0.05) is 41.9 Å². The first-order valence-corrected chi connectivity index (χ1v) is 11.9. The Balaban J connectivity index is 0.000000505. The summed E-state index contributed by atoms with van der Waals surface area (Å²) < 4.78 is 37.1. The lowest BCUT2D eigenvalue weighted by Gasteiger charge is -2.45. The minimum atomic E-state index is -5.08. The Morgan fingerprint density at radius 1 is 1.16 bits per heavy atom. The first kappa shape index (κ1) is 28.9. The van der Waals surface area contributed by atoms with Crippen molar-refractivity contribution in [3.63, 3.8) is 0 Å². The number of carboxylic acid groups (broad SMARTS) is 1. The van der Waals surface area contributed by atoms with Gasteiger partial charge in [-0.2, -0.15) is 13.2 Å². The molecular weight excluding hydrogens is 529 g/mol. The third-order valence-corrected chi connectivity index (χ3v) is 6.49. The number of ether oxygens (including phenoxy) is 1. The van der Waals surface area contributed by atoms with Crippen molar-refractivity contribution in [2.24, 2.45) is 0 Å². The van der Waals surface area contributed by atoms with Crippen LogP contribution < -0.4 is 10.6 Å². The van der Waals surface area contributed by atoms with Gasteiger partial charge in [0.25, 0.3) is 5.91 Å². The van der Waals surface area contributed by atoms with Gasteiger partial charge in [0.15, 0.2) is 5.96 Å². The summed E-state index contributed by atoms with van der Waals surface area (Å²) in [6, 6.07) is 14.2. The summed E-state index contributed by atoms with van der Waals surface area (Å²) >= 11 is 6.68. The lowest BCUT2D eigenvalue weighted by atomic mass is 9.85. The number of guanidine groups is 1. The van der Waals surface area contributed by atoms with Crippen LogP contribution in [0.2, 0.25) is 5.02 Å². The minimum Gasteiger partial charge on any atom is -0.475 e. The number of rotatable bonds is 4. The molecule has 0 radical (unpaired) electrons. The van der Waals surface area contributed by atoms with E-state index < -0.39 is 17.7 Å². The highest BCUT2D eigenvalue weighted by atomic mass is 35.5. The zero-order valence-corrected chi connectivity index (χ0v) is 21.0. The lowest BCUT2D eigenvalue weighted by molar-refractivity contribution is -0.192. The van der Waals surface area contributed by atoms with Crippen LogP contribution >= 0.6 is 11.6 Å². The van der Waals surface area contributed by atoms with Crippen LogP contribution in [0.25, 0.3) is 0 Å². The average Bonchev–Trinajstić information content (AvgIpc) is 2.85. The number of carboxylic acids is 1. The number of alkyl halides is 3. The van der Waals surface area contributed by atoms with Crippen molar-refractivity contribution >= 4 is 41.0 Å². The van der Waals surface area contributed by atoms with Gasteiger partial charge in [0.1, 0.15) is 0 Å². The maximum absolute atomic E-state index is 13.0. The Kier molecular flexibility index (Phi) is 9.00. The second-order valence-corrected chi connectivity index (χ2v) is 9.26. The molecule has 9 nitrogen and oxygen atoms in total. The second-order valence-electron chi connectivity index (χ2n) is 8.88. The number of anilines is 1. The van der Waals surface area contributed by atoms with Crippen LogP contribution in [0, 0.1) is 5.41 Å². The third-order valence-electron chi connectivity index (χ3n) is 6.08. The van der Waals surface area contributed by atoms with E-state index in [0.717, 1.165) is 0 Å². The van der Waals surface area contributed by atoms with Gasteiger partial charge in [-0.15, -0.1) is 0 Å². The van der Waals surface area contributed by atoms with E-state index >= 15 is 0 Å². The van der Waals surface area contributed by atoms with E-state index in [9.17, 15) is 22.8 Å². The number of nitrogens with zero attached hydrogens (tertiary/aromatic N) is 1. The van der Waals surface area contributed by atoms with Gasteiger partial charge in [0, 0.05) is 24.8 Å².